The van der Waals surface area contributed by atoms with E-state index in [0.717, 1.165) is 27.8 Å². The minimum atomic E-state index is 0.645. The highest BCUT2D eigenvalue weighted by atomic mass is 15.0. The number of hydrogen-bond acceptors (Lipinski definition) is 3. The molecule has 0 atom stereocenters. The van der Waals surface area contributed by atoms with Gasteiger partial charge in [0.25, 0.3) is 0 Å². The Hall–Kier alpha value is -6.97. The Bertz CT molecular complexity index is 2590. The highest BCUT2D eigenvalue weighted by molar-refractivity contribution is 5.87. The molecule has 0 saturated carbocycles. The van der Waals surface area contributed by atoms with Crippen LogP contribution in [0.25, 0.3) is 89.4 Å². The molecule has 0 fully saturated rings. The van der Waals surface area contributed by atoms with Crippen LogP contribution in [0.2, 0.25) is 0 Å². The van der Waals surface area contributed by atoms with Gasteiger partial charge < -0.3 is 0 Å². The zero-order valence-corrected chi connectivity index (χ0v) is 28.4. The van der Waals surface area contributed by atoms with Gasteiger partial charge in [-0.15, -0.1) is 0 Å². The van der Waals surface area contributed by atoms with Gasteiger partial charge in [-0.05, 0) is 73.5 Å². The van der Waals surface area contributed by atoms with Gasteiger partial charge in [-0.1, -0.05) is 182 Å². The lowest BCUT2D eigenvalue weighted by atomic mass is 9.95. The molecule has 1 aromatic heterocycles. The van der Waals surface area contributed by atoms with Crippen LogP contribution in [0.1, 0.15) is 0 Å². The molecule has 0 aliphatic carbocycles. The van der Waals surface area contributed by atoms with E-state index < -0.39 is 0 Å². The van der Waals surface area contributed by atoms with Crippen LogP contribution >= 0.6 is 0 Å². The number of hydrogen-bond donors (Lipinski definition) is 0. The fraction of sp³-hybridized carbons (Fsp3) is 0. The lowest BCUT2D eigenvalue weighted by molar-refractivity contribution is 1.07. The van der Waals surface area contributed by atoms with Crippen molar-refractivity contribution in [2.75, 3.05) is 0 Å². The highest BCUT2D eigenvalue weighted by Gasteiger charge is 2.13. The van der Waals surface area contributed by atoms with Crippen LogP contribution in [0.15, 0.2) is 200 Å². The molecular weight excluding hydrogens is 631 g/mol. The van der Waals surface area contributed by atoms with Crippen LogP contribution in [0.4, 0.5) is 0 Å². The van der Waals surface area contributed by atoms with Gasteiger partial charge in [-0.25, -0.2) is 15.0 Å². The van der Waals surface area contributed by atoms with Gasteiger partial charge >= 0.3 is 0 Å². The van der Waals surface area contributed by atoms with E-state index in [0.29, 0.717) is 17.5 Å². The summed E-state index contributed by atoms with van der Waals surface area (Å²) < 4.78 is 0. The van der Waals surface area contributed by atoms with Gasteiger partial charge in [-0.3, -0.25) is 0 Å². The first-order chi connectivity index (χ1) is 25.7. The third-order valence-electron chi connectivity index (χ3n) is 9.54. The van der Waals surface area contributed by atoms with Crippen LogP contribution in [-0.4, -0.2) is 15.0 Å². The fourth-order valence-corrected chi connectivity index (χ4v) is 6.73. The summed E-state index contributed by atoms with van der Waals surface area (Å²) in [6.07, 6.45) is 0. The van der Waals surface area contributed by atoms with Gasteiger partial charge in [0, 0.05) is 16.7 Å². The van der Waals surface area contributed by atoms with Gasteiger partial charge in [0.15, 0.2) is 17.5 Å². The average molecular weight is 664 g/mol. The lowest BCUT2D eigenvalue weighted by Gasteiger charge is -2.11. The Morgan fingerprint density at radius 3 is 1.04 bits per heavy atom. The second kappa shape index (κ2) is 13.7. The molecule has 8 aromatic carbocycles. The van der Waals surface area contributed by atoms with Crippen molar-refractivity contribution in [1.82, 2.24) is 15.0 Å². The third kappa shape index (κ3) is 6.39. The molecule has 3 nitrogen and oxygen atoms in total. The summed E-state index contributed by atoms with van der Waals surface area (Å²) in [7, 11) is 0. The Kier molecular flexibility index (Phi) is 8.20. The number of aromatic nitrogens is 3. The molecule has 52 heavy (non-hydrogen) atoms. The molecule has 0 radical (unpaired) electrons. The van der Waals surface area contributed by atoms with Crippen molar-refractivity contribution in [2.45, 2.75) is 0 Å². The normalized spacial score (nSPS) is 11.1. The number of fused-ring (bicyclic) bond motifs is 1. The van der Waals surface area contributed by atoms with Gasteiger partial charge in [0.2, 0.25) is 0 Å². The maximum absolute atomic E-state index is 4.94. The van der Waals surface area contributed by atoms with Crippen LogP contribution in [-0.2, 0) is 0 Å². The minimum absolute atomic E-state index is 0.645. The van der Waals surface area contributed by atoms with Crippen LogP contribution < -0.4 is 0 Å². The summed E-state index contributed by atoms with van der Waals surface area (Å²) >= 11 is 0. The van der Waals surface area contributed by atoms with Crippen LogP contribution in [0, 0.1) is 0 Å². The van der Waals surface area contributed by atoms with E-state index in [2.05, 4.69) is 140 Å². The maximum atomic E-state index is 4.94. The van der Waals surface area contributed by atoms with E-state index in [4.69, 9.17) is 15.0 Å². The molecule has 0 aliphatic heterocycles. The molecule has 244 valence electrons. The van der Waals surface area contributed by atoms with Gasteiger partial charge in [0.1, 0.15) is 0 Å². The van der Waals surface area contributed by atoms with E-state index in [-0.39, 0.29) is 0 Å². The molecule has 3 heteroatoms. The summed E-state index contributed by atoms with van der Waals surface area (Å²) in [6, 6.07) is 70.2. The molecule has 9 rings (SSSR count). The Balaban J connectivity index is 0.985. The van der Waals surface area contributed by atoms with E-state index in [1.165, 1.54) is 44.2 Å². The zero-order valence-electron chi connectivity index (χ0n) is 28.4. The van der Waals surface area contributed by atoms with Crippen molar-refractivity contribution in [3.8, 4) is 78.7 Å². The lowest BCUT2D eigenvalue weighted by Crippen LogP contribution is -2.00. The summed E-state index contributed by atoms with van der Waals surface area (Å²) in [4.78, 5) is 14.7. The molecule has 1 heterocycles. The monoisotopic (exact) mass is 663 g/mol. The van der Waals surface area contributed by atoms with Crippen LogP contribution in [0.5, 0.6) is 0 Å². The average Bonchev–Trinajstić information content (AvgIpc) is 3.24. The predicted molar refractivity (Wildman–Crippen MR) is 215 cm³/mol. The summed E-state index contributed by atoms with van der Waals surface area (Å²) in [5.74, 6) is 1.95. The van der Waals surface area contributed by atoms with Crippen molar-refractivity contribution in [3.05, 3.63) is 200 Å². The fourth-order valence-electron chi connectivity index (χ4n) is 6.73. The topological polar surface area (TPSA) is 38.7 Å². The third-order valence-corrected chi connectivity index (χ3v) is 9.54. The first-order valence-corrected chi connectivity index (χ1v) is 17.5. The first kappa shape index (κ1) is 31.0. The van der Waals surface area contributed by atoms with E-state index in [1.807, 2.05) is 60.7 Å². The molecule has 0 unspecified atom stereocenters. The minimum Gasteiger partial charge on any atom is -0.208 e. The molecule has 0 bridgehead atoms. The highest BCUT2D eigenvalue weighted by Crippen LogP contribution is 2.32. The molecule has 0 aliphatic rings. The van der Waals surface area contributed by atoms with E-state index in [1.54, 1.807) is 0 Å². The summed E-state index contributed by atoms with van der Waals surface area (Å²) in [5.41, 5.74) is 12.3. The largest absolute Gasteiger partial charge is 0.208 e. The summed E-state index contributed by atoms with van der Waals surface area (Å²) in [5, 5.41) is 2.52. The van der Waals surface area contributed by atoms with E-state index >= 15 is 0 Å². The number of nitrogens with zero attached hydrogens (tertiary/aromatic N) is 3. The zero-order chi connectivity index (χ0) is 34.7. The van der Waals surface area contributed by atoms with Gasteiger partial charge in [-0.2, -0.15) is 0 Å². The second-order valence-electron chi connectivity index (χ2n) is 12.9. The summed E-state index contributed by atoms with van der Waals surface area (Å²) in [6.45, 7) is 0. The van der Waals surface area contributed by atoms with Gasteiger partial charge in [0.05, 0.1) is 0 Å². The molecular formula is C49H33N3. The molecule has 0 N–H and O–H groups in total. The van der Waals surface area contributed by atoms with Crippen molar-refractivity contribution in [2.24, 2.45) is 0 Å². The van der Waals surface area contributed by atoms with Crippen molar-refractivity contribution < 1.29 is 0 Å². The number of benzene rings is 8. The van der Waals surface area contributed by atoms with Crippen molar-refractivity contribution >= 4 is 10.8 Å². The molecule has 9 aromatic rings. The molecule has 0 saturated heterocycles. The standard InChI is InChI=1S/C49H33N3/c1-3-12-39(13-4-1)47-50-48(40-14-5-2-6-15-40)52-49(51-47)46-20-10-19-44(33-46)43-18-9-17-42(31-43)37-25-21-35(22-26-37)36-23-27-38(28-24-36)45-30-29-34-11-7-8-16-41(34)32-45/h1-33H. The Morgan fingerprint density at radius 1 is 0.192 bits per heavy atom. The maximum Gasteiger partial charge on any atom is 0.164 e. The van der Waals surface area contributed by atoms with Crippen molar-refractivity contribution in [1.29, 1.82) is 0 Å². The smallest absolute Gasteiger partial charge is 0.164 e. The quantitative estimate of drug-likeness (QED) is 0.170. The van der Waals surface area contributed by atoms with E-state index in [9.17, 15) is 0 Å². The molecule has 0 spiro atoms. The Labute approximate surface area is 303 Å². The van der Waals surface area contributed by atoms with Crippen LogP contribution in [0.3, 0.4) is 0 Å². The SMILES string of the molecule is c1ccc(-c2nc(-c3ccccc3)nc(-c3cccc(-c4cccc(-c5ccc(-c6ccc(-c7ccc8ccccc8c7)cc6)cc5)c4)c3)n2)cc1. The second-order valence-corrected chi connectivity index (χ2v) is 12.9. The Morgan fingerprint density at radius 2 is 0.519 bits per heavy atom. The first-order valence-electron chi connectivity index (χ1n) is 17.5. The molecule has 0 amide bonds. The van der Waals surface area contributed by atoms with Crippen molar-refractivity contribution in [3.63, 3.8) is 0 Å². The predicted octanol–water partition coefficient (Wildman–Crippen LogP) is 12.7. The number of rotatable bonds is 7.